The lowest BCUT2D eigenvalue weighted by molar-refractivity contribution is 0.0628. The molecule has 0 aromatic heterocycles. The summed E-state index contributed by atoms with van der Waals surface area (Å²) < 4.78 is 0. The van der Waals surface area contributed by atoms with Crippen molar-refractivity contribution in [1.29, 1.82) is 0 Å². The SMILES string of the molecule is NCC(O)C1CCN(C2CC2)CC1. The molecule has 0 spiro atoms. The summed E-state index contributed by atoms with van der Waals surface area (Å²) in [4.78, 5) is 2.57. The van der Waals surface area contributed by atoms with Gasteiger partial charge >= 0.3 is 0 Å². The van der Waals surface area contributed by atoms with Crippen LogP contribution >= 0.6 is 0 Å². The van der Waals surface area contributed by atoms with Gasteiger partial charge in [0.25, 0.3) is 0 Å². The number of likely N-dealkylation sites (tertiary alicyclic amines) is 1. The monoisotopic (exact) mass is 184 g/mol. The van der Waals surface area contributed by atoms with E-state index in [2.05, 4.69) is 4.90 Å². The molecule has 1 saturated heterocycles. The van der Waals surface area contributed by atoms with Gasteiger partial charge in [-0.1, -0.05) is 0 Å². The summed E-state index contributed by atoms with van der Waals surface area (Å²) >= 11 is 0. The van der Waals surface area contributed by atoms with Gasteiger partial charge in [-0.15, -0.1) is 0 Å². The minimum absolute atomic E-state index is 0.263. The maximum absolute atomic E-state index is 9.58. The van der Waals surface area contributed by atoms with E-state index in [0.29, 0.717) is 12.5 Å². The van der Waals surface area contributed by atoms with E-state index in [0.717, 1.165) is 18.9 Å². The summed E-state index contributed by atoms with van der Waals surface area (Å²) in [7, 11) is 0. The van der Waals surface area contributed by atoms with E-state index >= 15 is 0 Å². The number of piperidine rings is 1. The molecular formula is C10H20N2O. The Kier molecular flexibility index (Phi) is 2.86. The zero-order chi connectivity index (χ0) is 9.26. The first-order valence-electron chi connectivity index (χ1n) is 5.43. The van der Waals surface area contributed by atoms with Crippen LogP contribution in [0.4, 0.5) is 0 Å². The molecule has 1 unspecified atom stereocenters. The smallest absolute Gasteiger partial charge is 0.0691 e. The van der Waals surface area contributed by atoms with Crippen molar-refractivity contribution in [2.75, 3.05) is 19.6 Å². The molecule has 1 saturated carbocycles. The average Bonchev–Trinajstić information content (AvgIpc) is 3.00. The first-order chi connectivity index (χ1) is 6.31. The molecular weight excluding hydrogens is 164 g/mol. The molecule has 3 nitrogen and oxygen atoms in total. The van der Waals surface area contributed by atoms with E-state index in [-0.39, 0.29) is 6.10 Å². The van der Waals surface area contributed by atoms with E-state index < -0.39 is 0 Å². The van der Waals surface area contributed by atoms with Crippen molar-refractivity contribution in [1.82, 2.24) is 4.90 Å². The maximum Gasteiger partial charge on any atom is 0.0691 e. The van der Waals surface area contributed by atoms with Crippen molar-refractivity contribution in [2.24, 2.45) is 11.7 Å². The van der Waals surface area contributed by atoms with Crippen molar-refractivity contribution in [3.05, 3.63) is 0 Å². The highest BCUT2D eigenvalue weighted by atomic mass is 16.3. The summed E-state index contributed by atoms with van der Waals surface area (Å²) in [6.45, 7) is 2.77. The molecule has 3 heteroatoms. The standard InChI is InChI=1S/C10H20N2O/c11-7-10(13)8-3-5-12(6-4-8)9-1-2-9/h8-10,13H,1-7,11H2. The van der Waals surface area contributed by atoms with Crippen LogP contribution < -0.4 is 5.73 Å². The van der Waals surface area contributed by atoms with Crippen LogP contribution in [0.5, 0.6) is 0 Å². The molecule has 1 aliphatic carbocycles. The molecule has 3 N–H and O–H groups in total. The molecule has 0 aromatic carbocycles. The van der Waals surface area contributed by atoms with E-state index in [1.165, 1.54) is 25.9 Å². The molecule has 13 heavy (non-hydrogen) atoms. The Hall–Kier alpha value is -0.120. The fourth-order valence-corrected chi connectivity index (χ4v) is 2.30. The van der Waals surface area contributed by atoms with Gasteiger partial charge in [0.1, 0.15) is 0 Å². The lowest BCUT2D eigenvalue weighted by Crippen LogP contribution is -2.41. The Labute approximate surface area is 79.9 Å². The molecule has 0 radical (unpaired) electrons. The minimum Gasteiger partial charge on any atom is -0.392 e. The maximum atomic E-state index is 9.58. The predicted octanol–water partition coefficient (Wildman–Crippen LogP) is 0.180. The Balaban J connectivity index is 1.74. The number of hydrogen-bond acceptors (Lipinski definition) is 3. The van der Waals surface area contributed by atoms with E-state index in [1.807, 2.05) is 0 Å². The van der Waals surface area contributed by atoms with Crippen molar-refractivity contribution in [3.8, 4) is 0 Å². The Morgan fingerprint density at radius 3 is 2.31 bits per heavy atom. The van der Waals surface area contributed by atoms with Crippen molar-refractivity contribution < 1.29 is 5.11 Å². The second-order valence-corrected chi connectivity index (χ2v) is 4.41. The highest BCUT2D eigenvalue weighted by Crippen LogP contribution is 2.31. The number of rotatable bonds is 3. The molecule has 2 aliphatic rings. The molecule has 1 atom stereocenters. The van der Waals surface area contributed by atoms with Crippen LogP contribution in [0.15, 0.2) is 0 Å². The van der Waals surface area contributed by atoms with E-state index in [9.17, 15) is 5.11 Å². The fraction of sp³-hybridized carbons (Fsp3) is 1.00. The number of aliphatic hydroxyl groups is 1. The van der Waals surface area contributed by atoms with Gasteiger partial charge < -0.3 is 15.7 Å². The van der Waals surface area contributed by atoms with Gasteiger partial charge in [-0.25, -0.2) is 0 Å². The van der Waals surface area contributed by atoms with Gasteiger partial charge in [-0.3, -0.25) is 0 Å². The van der Waals surface area contributed by atoms with Crippen LogP contribution in [0.2, 0.25) is 0 Å². The van der Waals surface area contributed by atoms with Gasteiger partial charge in [0.15, 0.2) is 0 Å². The van der Waals surface area contributed by atoms with Crippen LogP contribution in [-0.4, -0.2) is 41.8 Å². The highest BCUT2D eigenvalue weighted by Gasteiger charge is 2.33. The molecule has 0 aromatic rings. The molecule has 1 heterocycles. The third-order valence-electron chi connectivity index (χ3n) is 3.42. The first kappa shape index (κ1) is 9.44. The molecule has 0 bridgehead atoms. The van der Waals surface area contributed by atoms with Crippen LogP contribution in [0, 0.1) is 5.92 Å². The van der Waals surface area contributed by atoms with Crippen molar-refractivity contribution >= 4 is 0 Å². The molecule has 2 fully saturated rings. The summed E-state index contributed by atoms with van der Waals surface area (Å²) in [6, 6.07) is 0.885. The zero-order valence-corrected chi connectivity index (χ0v) is 8.15. The normalized spacial score (nSPS) is 29.1. The summed E-state index contributed by atoms with van der Waals surface area (Å²) in [5.41, 5.74) is 5.45. The number of nitrogens with zero attached hydrogens (tertiary/aromatic N) is 1. The summed E-state index contributed by atoms with van der Waals surface area (Å²) in [6.07, 6.45) is 4.79. The lowest BCUT2D eigenvalue weighted by atomic mass is 9.91. The minimum atomic E-state index is -0.263. The van der Waals surface area contributed by atoms with Crippen molar-refractivity contribution in [2.45, 2.75) is 37.8 Å². The zero-order valence-electron chi connectivity index (χ0n) is 8.15. The van der Waals surface area contributed by atoms with Gasteiger partial charge in [-0.2, -0.15) is 0 Å². The van der Waals surface area contributed by atoms with E-state index in [4.69, 9.17) is 5.73 Å². The third-order valence-corrected chi connectivity index (χ3v) is 3.42. The highest BCUT2D eigenvalue weighted by molar-refractivity contribution is 4.88. The first-order valence-corrected chi connectivity index (χ1v) is 5.43. The van der Waals surface area contributed by atoms with Gasteiger partial charge in [0.05, 0.1) is 6.10 Å². The molecule has 76 valence electrons. The van der Waals surface area contributed by atoms with Crippen LogP contribution in [0.1, 0.15) is 25.7 Å². The third kappa shape index (κ3) is 2.22. The average molecular weight is 184 g/mol. The number of hydrogen-bond donors (Lipinski definition) is 2. The summed E-state index contributed by atoms with van der Waals surface area (Å²) in [5, 5.41) is 9.58. The van der Waals surface area contributed by atoms with Gasteiger partial charge in [0.2, 0.25) is 0 Å². The fourth-order valence-electron chi connectivity index (χ4n) is 2.30. The quantitative estimate of drug-likeness (QED) is 0.658. The van der Waals surface area contributed by atoms with E-state index in [1.54, 1.807) is 0 Å². The number of nitrogens with two attached hydrogens (primary N) is 1. The molecule has 0 amide bonds. The predicted molar refractivity (Wildman–Crippen MR) is 52.4 cm³/mol. The topological polar surface area (TPSA) is 49.5 Å². The van der Waals surface area contributed by atoms with Crippen LogP contribution in [0.25, 0.3) is 0 Å². The second kappa shape index (κ2) is 3.95. The largest absolute Gasteiger partial charge is 0.392 e. The molecule has 1 aliphatic heterocycles. The van der Waals surface area contributed by atoms with Crippen LogP contribution in [0.3, 0.4) is 0 Å². The number of aliphatic hydroxyl groups excluding tert-OH is 1. The lowest BCUT2D eigenvalue weighted by Gasteiger charge is -2.33. The van der Waals surface area contributed by atoms with Gasteiger partial charge in [-0.05, 0) is 44.7 Å². The Bertz CT molecular complexity index is 162. The van der Waals surface area contributed by atoms with Crippen LogP contribution in [-0.2, 0) is 0 Å². The molecule has 2 rings (SSSR count). The second-order valence-electron chi connectivity index (χ2n) is 4.41. The van der Waals surface area contributed by atoms with Crippen molar-refractivity contribution in [3.63, 3.8) is 0 Å². The Morgan fingerprint density at radius 1 is 1.23 bits per heavy atom. The Morgan fingerprint density at radius 2 is 1.85 bits per heavy atom. The summed E-state index contributed by atoms with van der Waals surface area (Å²) in [5.74, 6) is 0.458. The van der Waals surface area contributed by atoms with Gasteiger partial charge in [0, 0.05) is 12.6 Å².